The summed E-state index contributed by atoms with van der Waals surface area (Å²) in [6, 6.07) is -1.04. The standard InChI is InChI=1S/C6H11NO4S/c7-5(6(8)9)4-1-2-12(10,11)3-4/h4-5H,1-3,7H2,(H,8,9). The van der Waals surface area contributed by atoms with Crippen LogP contribution in [0.1, 0.15) is 6.42 Å². The van der Waals surface area contributed by atoms with Crippen molar-refractivity contribution in [3.05, 3.63) is 0 Å². The lowest BCUT2D eigenvalue weighted by Gasteiger charge is -2.11. The van der Waals surface area contributed by atoms with E-state index in [2.05, 4.69) is 0 Å². The molecule has 70 valence electrons. The lowest BCUT2D eigenvalue weighted by molar-refractivity contribution is -0.139. The largest absolute Gasteiger partial charge is 0.480 e. The number of nitrogens with two attached hydrogens (primary N) is 1. The molecule has 0 spiro atoms. The molecule has 5 nitrogen and oxygen atoms in total. The second-order valence-electron chi connectivity index (χ2n) is 3.03. The number of hydrogen-bond donors (Lipinski definition) is 2. The van der Waals surface area contributed by atoms with Crippen LogP contribution in [0.15, 0.2) is 0 Å². The van der Waals surface area contributed by atoms with Gasteiger partial charge in [0.15, 0.2) is 9.84 Å². The highest BCUT2D eigenvalue weighted by molar-refractivity contribution is 7.91. The van der Waals surface area contributed by atoms with E-state index in [9.17, 15) is 13.2 Å². The van der Waals surface area contributed by atoms with Crippen LogP contribution in [0, 0.1) is 5.92 Å². The number of aliphatic carboxylic acids is 1. The van der Waals surface area contributed by atoms with Crippen LogP contribution in [0.4, 0.5) is 0 Å². The zero-order valence-electron chi connectivity index (χ0n) is 6.43. The van der Waals surface area contributed by atoms with Crippen molar-refractivity contribution in [1.29, 1.82) is 0 Å². The van der Waals surface area contributed by atoms with E-state index in [1.807, 2.05) is 0 Å². The van der Waals surface area contributed by atoms with Gasteiger partial charge in [-0.05, 0) is 12.3 Å². The summed E-state index contributed by atoms with van der Waals surface area (Å²) >= 11 is 0. The van der Waals surface area contributed by atoms with Gasteiger partial charge in [0, 0.05) is 0 Å². The maximum atomic E-state index is 10.9. The Bertz CT molecular complexity index is 284. The molecule has 0 aromatic heterocycles. The van der Waals surface area contributed by atoms with E-state index in [-0.39, 0.29) is 11.5 Å². The van der Waals surface area contributed by atoms with Gasteiger partial charge in [0.05, 0.1) is 11.5 Å². The fraction of sp³-hybridized carbons (Fsp3) is 0.833. The van der Waals surface area contributed by atoms with E-state index in [4.69, 9.17) is 10.8 Å². The van der Waals surface area contributed by atoms with Crippen molar-refractivity contribution in [1.82, 2.24) is 0 Å². The minimum absolute atomic E-state index is 0.0681. The molecular formula is C6H11NO4S. The molecule has 2 unspecified atom stereocenters. The van der Waals surface area contributed by atoms with Gasteiger partial charge in [0.2, 0.25) is 0 Å². The highest BCUT2D eigenvalue weighted by Gasteiger charge is 2.34. The van der Waals surface area contributed by atoms with Gasteiger partial charge in [-0.1, -0.05) is 0 Å². The molecule has 1 saturated heterocycles. The first-order valence-corrected chi connectivity index (χ1v) is 5.43. The maximum Gasteiger partial charge on any atom is 0.320 e. The molecule has 0 bridgehead atoms. The van der Waals surface area contributed by atoms with Crippen molar-refractivity contribution >= 4 is 15.8 Å². The molecule has 3 N–H and O–H groups in total. The summed E-state index contributed by atoms with van der Waals surface area (Å²) in [5, 5.41) is 8.49. The molecule has 0 amide bonds. The van der Waals surface area contributed by atoms with Gasteiger partial charge in [-0.15, -0.1) is 0 Å². The minimum atomic E-state index is -3.02. The van der Waals surface area contributed by atoms with Crippen LogP contribution < -0.4 is 5.73 Å². The van der Waals surface area contributed by atoms with Gasteiger partial charge in [0.1, 0.15) is 6.04 Å². The Morgan fingerprint density at radius 1 is 1.58 bits per heavy atom. The van der Waals surface area contributed by atoms with E-state index in [1.165, 1.54) is 0 Å². The number of carbonyl (C=O) groups is 1. The molecule has 12 heavy (non-hydrogen) atoms. The second-order valence-corrected chi connectivity index (χ2v) is 5.26. The average molecular weight is 193 g/mol. The van der Waals surface area contributed by atoms with Crippen molar-refractivity contribution < 1.29 is 18.3 Å². The van der Waals surface area contributed by atoms with E-state index in [0.29, 0.717) is 6.42 Å². The minimum Gasteiger partial charge on any atom is -0.480 e. The summed E-state index contributed by atoms with van der Waals surface area (Å²) in [7, 11) is -3.02. The molecule has 2 atom stereocenters. The van der Waals surface area contributed by atoms with E-state index < -0.39 is 27.8 Å². The topological polar surface area (TPSA) is 97.5 Å². The lowest BCUT2D eigenvalue weighted by atomic mass is 10.0. The quantitative estimate of drug-likeness (QED) is 0.576. The van der Waals surface area contributed by atoms with Crippen LogP contribution in [0.25, 0.3) is 0 Å². The van der Waals surface area contributed by atoms with E-state index in [0.717, 1.165) is 0 Å². The summed E-state index contributed by atoms with van der Waals surface area (Å²) in [6.45, 7) is 0. The van der Waals surface area contributed by atoms with Crippen LogP contribution in [0.2, 0.25) is 0 Å². The van der Waals surface area contributed by atoms with Crippen LogP contribution in [0.3, 0.4) is 0 Å². The summed E-state index contributed by atoms with van der Waals surface area (Å²) in [4.78, 5) is 10.4. The maximum absolute atomic E-state index is 10.9. The van der Waals surface area contributed by atoms with Gasteiger partial charge < -0.3 is 10.8 Å². The van der Waals surface area contributed by atoms with Gasteiger partial charge >= 0.3 is 5.97 Å². The first kappa shape index (κ1) is 9.47. The highest BCUT2D eigenvalue weighted by atomic mass is 32.2. The molecule has 1 fully saturated rings. The third-order valence-electron chi connectivity index (χ3n) is 2.06. The Kier molecular flexibility index (Phi) is 2.39. The molecule has 1 aliphatic rings. The monoisotopic (exact) mass is 193 g/mol. The molecule has 1 rings (SSSR count). The first-order valence-electron chi connectivity index (χ1n) is 3.61. The third-order valence-corrected chi connectivity index (χ3v) is 3.85. The Hall–Kier alpha value is -0.620. The van der Waals surface area contributed by atoms with Crippen LogP contribution in [0.5, 0.6) is 0 Å². The Morgan fingerprint density at radius 3 is 2.50 bits per heavy atom. The predicted molar refractivity (Wildman–Crippen MR) is 42.4 cm³/mol. The Balaban J connectivity index is 2.64. The normalized spacial score (nSPS) is 29.9. The van der Waals surface area contributed by atoms with Crippen molar-refractivity contribution in [2.45, 2.75) is 12.5 Å². The number of carboxylic acids is 1. The van der Waals surface area contributed by atoms with Crippen LogP contribution in [-0.2, 0) is 14.6 Å². The highest BCUT2D eigenvalue weighted by Crippen LogP contribution is 2.20. The Morgan fingerprint density at radius 2 is 2.17 bits per heavy atom. The number of hydrogen-bond acceptors (Lipinski definition) is 4. The summed E-state index contributed by atoms with van der Waals surface area (Å²) in [5.41, 5.74) is 5.28. The van der Waals surface area contributed by atoms with Crippen molar-refractivity contribution in [2.75, 3.05) is 11.5 Å². The molecule has 0 aromatic carbocycles. The SMILES string of the molecule is NC(C(=O)O)C1CCS(=O)(=O)C1. The molecule has 1 aliphatic heterocycles. The van der Waals surface area contributed by atoms with Gasteiger partial charge in [-0.2, -0.15) is 0 Å². The van der Waals surface area contributed by atoms with Crippen molar-refractivity contribution in [3.63, 3.8) is 0 Å². The molecule has 0 aliphatic carbocycles. The molecule has 0 radical (unpaired) electrons. The predicted octanol–water partition coefficient (Wildman–Crippen LogP) is -1.17. The van der Waals surface area contributed by atoms with Crippen molar-refractivity contribution in [2.24, 2.45) is 11.7 Å². The molecule has 1 heterocycles. The zero-order valence-corrected chi connectivity index (χ0v) is 7.25. The third kappa shape index (κ3) is 1.95. The summed E-state index contributed by atoms with van der Waals surface area (Å²) < 4.78 is 21.8. The first-order chi connectivity index (χ1) is 5.42. The van der Waals surface area contributed by atoms with E-state index >= 15 is 0 Å². The van der Waals surface area contributed by atoms with Gasteiger partial charge in [-0.3, -0.25) is 4.79 Å². The van der Waals surface area contributed by atoms with Crippen LogP contribution in [-0.4, -0.2) is 37.0 Å². The van der Waals surface area contributed by atoms with E-state index in [1.54, 1.807) is 0 Å². The fourth-order valence-electron chi connectivity index (χ4n) is 1.31. The number of carboxylic acid groups (broad SMARTS) is 1. The lowest BCUT2D eigenvalue weighted by Crippen LogP contribution is -2.38. The van der Waals surface area contributed by atoms with Gasteiger partial charge in [0.25, 0.3) is 0 Å². The van der Waals surface area contributed by atoms with Crippen LogP contribution >= 0.6 is 0 Å². The Labute approximate surface area is 70.5 Å². The molecular weight excluding hydrogens is 182 g/mol. The number of rotatable bonds is 2. The van der Waals surface area contributed by atoms with Gasteiger partial charge in [-0.25, -0.2) is 8.42 Å². The fourth-order valence-corrected chi connectivity index (χ4v) is 3.16. The zero-order chi connectivity index (χ0) is 9.35. The smallest absolute Gasteiger partial charge is 0.320 e. The molecule has 0 aromatic rings. The summed E-state index contributed by atoms with van der Waals surface area (Å²) in [5.74, 6) is -1.55. The second kappa shape index (κ2) is 3.02. The molecule has 6 heteroatoms. The molecule has 0 saturated carbocycles. The number of sulfone groups is 1. The summed E-state index contributed by atoms with van der Waals surface area (Å²) in [6.07, 6.45) is 0.371. The average Bonchev–Trinajstić information content (AvgIpc) is 2.28. The van der Waals surface area contributed by atoms with Crippen molar-refractivity contribution in [3.8, 4) is 0 Å².